The van der Waals surface area contributed by atoms with E-state index in [4.69, 9.17) is 16.6 Å². The Labute approximate surface area is 241 Å². The number of ketones is 1. The van der Waals surface area contributed by atoms with Crippen LogP contribution in [0.15, 0.2) is 64.2 Å². The minimum Gasteiger partial charge on any atom is -0.350 e. The fourth-order valence-corrected chi connectivity index (χ4v) is 6.39. The molecule has 39 heavy (non-hydrogen) atoms. The van der Waals surface area contributed by atoms with E-state index in [-0.39, 0.29) is 17.6 Å². The summed E-state index contributed by atoms with van der Waals surface area (Å²) >= 11 is 6.84. The summed E-state index contributed by atoms with van der Waals surface area (Å²) in [5.41, 5.74) is 5.85. The van der Waals surface area contributed by atoms with Crippen LogP contribution in [0.1, 0.15) is 116 Å². The number of carbonyl (C=O) groups excluding carboxylic acids is 2. The highest BCUT2D eigenvalue weighted by atomic mass is 35.5. The number of nitrogens with one attached hydrogen (secondary N) is 1. The van der Waals surface area contributed by atoms with Crippen molar-refractivity contribution in [3.05, 3.63) is 64.7 Å². The molecule has 3 rings (SSSR count). The van der Waals surface area contributed by atoms with Gasteiger partial charge in [0.2, 0.25) is 5.91 Å². The molecule has 0 radical (unpaired) electrons. The van der Waals surface area contributed by atoms with Gasteiger partial charge in [-0.25, -0.2) is 0 Å². The summed E-state index contributed by atoms with van der Waals surface area (Å²) in [7, 11) is 0. The summed E-state index contributed by atoms with van der Waals surface area (Å²) in [6.45, 7) is 9.72. The van der Waals surface area contributed by atoms with Gasteiger partial charge in [0.1, 0.15) is 5.78 Å². The van der Waals surface area contributed by atoms with Crippen molar-refractivity contribution in [1.29, 1.82) is 0 Å². The molecular formula is C34H47ClN2O2. The van der Waals surface area contributed by atoms with Crippen molar-refractivity contribution in [2.24, 2.45) is 10.9 Å². The second-order valence-corrected chi connectivity index (χ2v) is 11.6. The number of amides is 1. The van der Waals surface area contributed by atoms with Crippen LogP contribution in [0.3, 0.4) is 0 Å². The van der Waals surface area contributed by atoms with Crippen LogP contribution in [-0.4, -0.2) is 23.4 Å². The molecule has 3 atom stereocenters. The molecule has 0 spiro atoms. The van der Waals surface area contributed by atoms with Crippen LogP contribution in [-0.2, 0) is 9.59 Å². The summed E-state index contributed by atoms with van der Waals surface area (Å²) in [6.07, 6.45) is 17.1. The number of carbonyl (C=O) groups is 2. The smallest absolute Gasteiger partial charge is 0.243 e. The number of Topliss-reactive ketones (excluding diaryl/α,β-unsaturated/α-hetero) is 1. The van der Waals surface area contributed by atoms with Crippen LogP contribution in [0.25, 0.3) is 0 Å². The Hall–Kier alpha value is -2.46. The highest BCUT2D eigenvalue weighted by molar-refractivity contribution is 6.43. The molecule has 1 N–H and O–H groups in total. The van der Waals surface area contributed by atoms with Gasteiger partial charge in [0.25, 0.3) is 0 Å². The molecule has 4 nitrogen and oxygen atoms in total. The number of aliphatic imine (C=N–C) groups is 1. The van der Waals surface area contributed by atoms with Gasteiger partial charge >= 0.3 is 0 Å². The van der Waals surface area contributed by atoms with Crippen LogP contribution in [0, 0.1) is 5.92 Å². The quantitative estimate of drug-likeness (QED) is 0.220. The topological polar surface area (TPSA) is 58.5 Å². The second kappa shape index (κ2) is 16.0. The fourth-order valence-electron chi connectivity index (χ4n) is 6.17. The van der Waals surface area contributed by atoms with Crippen LogP contribution in [0.2, 0.25) is 0 Å². The van der Waals surface area contributed by atoms with E-state index in [1.165, 1.54) is 37.3 Å². The van der Waals surface area contributed by atoms with Gasteiger partial charge in [0.15, 0.2) is 0 Å². The zero-order chi connectivity index (χ0) is 28.2. The van der Waals surface area contributed by atoms with Crippen LogP contribution in [0.4, 0.5) is 5.69 Å². The summed E-state index contributed by atoms with van der Waals surface area (Å²) in [5, 5.41) is 3.84. The molecule has 0 aliphatic heterocycles. The number of para-hydroxylation sites is 1. The van der Waals surface area contributed by atoms with Gasteiger partial charge in [-0.2, -0.15) is 0 Å². The Balaban J connectivity index is 1.65. The summed E-state index contributed by atoms with van der Waals surface area (Å²) < 4.78 is 0. The number of halogens is 1. The molecule has 1 fully saturated rings. The molecule has 0 bridgehead atoms. The van der Waals surface area contributed by atoms with Crippen molar-refractivity contribution < 1.29 is 9.59 Å². The van der Waals surface area contributed by atoms with E-state index in [1.807, 2.05) is 38.1 Å². The first-order valence-electron chi connectivity index (χ1n) is 15.0. The largest absolute Gasteiger partial charge is 0.350 e. The van der Waals surface area contributed by atoms with E-state index < -0.39 is 0 Å². The Morgan fingerprint density at radius 2 is 1.95 bits per heavy atom. The Morgan fingerprint density at radius 1 is 1.15 bits per heavy atom. The van der Waals surface area contributed by atoms with Crippen LogP contribution < -0.4 is 5.32 Å². The second-order valence-electron chi connectivity index (χ2n) is 11.2. The molecule has 0 heterocycles. The third-order valence-electron chi connectivity index (χ3n) is 8.52. The maximum absolute atomic E-state index is 12.4. The zero-order valence-corrected chi connectivity index (χ0v) is 25.0. The zero-order valence-electron chi connectivity index (χ0n) is 24.2. The standard InChI is InChI=1S/C34H47ClN2O2/c1-5-26-21-22-30(35)32(37-31-19-9-8-18-29(31)24(4)33(38)6-2)20-12-16-27(26)15-10-13-25-14-11-17-28(23-25)36-34(39)7-3/h7-9,18-19,22,24-25,28H,3,5-6,10-17,20-21,23H2,1-2,4H3,(H,36,39)/b27-26?,30-22+,37-32?. The monoisotopic (exact) mass is 550 g/mol. The predicted octanol–water partition coefficient (Wildman–Crippen LogP) is 9.28. The highest BCUT2D eigenvalue weighted by Crippen LogP contribution is 2.34. The van der Waals surface area contributed by atoms with E-state index in [2.05, 4.69) is 24.9 Å². The Bertz CT molecular complexity index is 1100. The average molecular weight is 551 g/mol. The van der Waals surface area contributed by atoms with Gasteiger partial charge in [0.05, 0.1) is 16.4 Å². The van der Waals surface area contributed by atoms with E-state index in [1.54, 1.807) is 5.57 Å². The first-order valence-corrected chi connectivity index (χ1v) is 15.4. The lowest BCUT2D eigenvalue weighted by molar-refractivity contribution is -0.120. The van der Waals surface area contributed by atoms with E-state index in [0.717, 1.165) is 73.4 Å². The lowest BCUT2D eigenvalue weighted by Gasteiger charge is -2.29. The number of allylic oxidation sites excluding steroid dienone is 4. The van der Waals surface area contributed by atoms with Crippen LogP contribution >= 0.6 is 11.6 Å². The van der Waals surface area contributed by atoms with E-state index in [0.29, 0.717) is 18.4 Å². The maximum atomic E-state index is 12.4. The number of hydrogen-bond donors (Lipinski definition) is 1. The van der Waals surface area contributed by atoms with E-state index >= 15 is 0 Å². The lowest BCUT2D eigenvalue weighted by atomic mass is 9.82. The number of rotatable bonds is 11. The third-order valence-corrected chi connectivity index (χ3v) is 8.89. The lowest BCUT2D eigenvalue weighted by Crippen LogP contribution is -2.37. The van der Waals surface area contributed by atoms with E-state index in [9.17, 15) is 9.59 Å². The minimum absolute atomic E-state index is 0.0500. The Morgan fingerprint density at radius 3 is 2.69 bits per heavy atom. The highest BCUT2D eigenvalue weighted by Gasteiger charge is 2.23. The summed E-state index contributed by atoms with van der Waals surface area (Å²) in [4.78, 5) is 29.2. The summed E-state index contributed by atoms with van der Waals surface area (Å²) in [6, 6.07) is 8.27. The van der Waals surface area contributed by atoms with Gasteiger partial charge in [-0.15, -0.1) is 0 Å². The number of hydrogen-bond acceptors (Lipinski definition) is 3. The average Bonchev–Trinajstić information content (AvgIpc) is 3.02. The molecule has 3 unspecified atom stereocenters. The molecule has 2 aliphatic rings. The van der Waals surface area contributed by atoms with Gasteiger partial charge in [-0.1, -0.05) is 93.6 Å². The van der Waals surface area contributed by atoms with Crippen molar-refractivity contribution in [2.75, 3.05) is 0 Å². The van der Waals surface area contributed by atoms with Crippen molar-refractivity contribution in [2.45, 2.75) is 116 Å². The molecule has 0 aromatic heterocycles. The molecule has 1 aromatic carbocycles. The van der Waals surface area contributed by atoms with Crippen molar-refractivity contribution in [3.63, 3.8) is 0 Å². The van der Waals surface area contributed by atoms with Gasteiger partial charge in [-0.05, 0) is 81.4 Å². The van der Waals surface area contributed by atoms with Crippen LogP contribution in [0.5, 0.6) is 0 Å². The van der Waals surface area contributed by atoms with Crippen molar-refractivity contribution >= 4 is 34.7 Å². The number of benzene rings is 1. The van der Waals surface area contributed by atoms with Crippen molar-refractivity contribution in [3.8, 4) is 0 Å². The predicted molar refractivity (Wildman–Crippen MR) is 165 cm³/mol. The van der Waals surface area contributed by atoms with Crippen molar-refractivity contribution in [1.82, 2.24) is 5.32 Å². The molecule has 1 amide bonds. The van der Waals surface area contributed by atoms with Gasteiger partial charge in [0, 0.05) is 18.4 Å². The van der Waals surface area contributed by atoms with Gasteiger partial charge in [-0.3, -0.25) is 14.6 Å². The molecular weight excluding hydrogens is 504 g/mol. The third kappa shape index (κ3) is 9.31. The first kappa shape index (κ1) is 31.1. The molecule has 5 heteroatoms. The molecule has 0 saturated heterocycles. The first-order chi connectivity index (χ1) is 18.9. The normalized spacial score (nSPS) is 23.7. The SMILES string of the molecule is C=CC(=O)NC1CCCC(CCCC2=C(CC)C/C=C(/Cl)C(=Nc3ccccc3C(C)C(=O)CC)CCC2)C1. The number of nitrogens with zero attached hydrogens (tertiary/aromatic N) is 1. The minimum atomic E-state index is -0.174. The molecule has 212 valence electrons. The fraction of sp³-hybridized carbons (Fsp3) is 0.559. The molecule has 2 aliphatic carbocycles. The maximum Gasteiger partial charge on any atom is 0.243 e. The Kier molecular flexibility index (Phi) is 12.7. The van der Waals surface area contributed by atoms with Gasteiger partial charge < -0.3 is 5.32 Å². The molecule has 1 aromatic rings. The molecule has 1 saturated carbocycles. The summed E-state index contributed by atoms with van der Waals surface area (Å²) in [5.74, 6) is 0.690.